The molecule has 4 nitrogen and oxygen atoms in total. The summed E-state index contributed by atoms with van der Waals surface area (Å²) in [5.41, 5.74) is 8.07. The van der Waals surface area contributed by atoms with Crippen LogP contribution in [0.4, 0.5) is 0 Å². The number of hydrogen-bond donors (Lipinski definition) is 4. The van der Waals surface area contributed by atoms with Crippen LogP contribution in [-0.2, 0) is 0 Å². The van der Waals surface area contributed by atoms with Gasteiger partial charge in [0, 0.05) is 13.1 Å². The van der Waals surface area contributed by atoms with Gasteiger partial charge in [0.15, 0.2) is 10.2 Å². The van der Waals surface area contributed by atoms with Crippen LogP contribution < -0.4 is 21.5 Å². The minimum atomic E-state index is 0.130. The molecule has 0 saturated heterocycles. The maximum atomic E-state index is 4.94. The van der Waals surface area contributed by atoms with E-state index in [0.29, 0.717) is 10.2 Å². The number of benzene rings is 1. The molecule has 21 heavy (non-hydrogen) atoms. The van der Waals surface area contributed by atoms with Crippen molar-refractivity contribution in [3.05, 3.63) is 48.0 Å². The van der Waals surface area contributed by atoms with Crippen LogP contribution in [0.1, 0.15) is 18.1 Å². The Bertz CT molecular complexity index is 436. The van der Waals surface area contributed by atoms with Crippen LogP contribution in [0.5, 0.6) is 0 Å². The first-order valence-electron chi connectivity index (χ1n) is 6.59. The fraction of sp³-hybridized carbons (Fsp3) is 0.333. The van der Waals surface area contributed by atoms with Crippen molar-refractivity contribution in [3.63, 3.8) is 0 Å². The maximum absolute atomic E-state index is 4.94. The monoisotopic (exact) mass is 324 g/mol. The zero-order valence-corrected chi connectivity index (χ0v) is 14.6. The minimum absolute atomic E-state index is 0.130. The molecule has 0 aliphatic carbocycles. The normalized spacial score (nSPS) is 10.3. The zero-order valence-electron chi connectivity index (χ0n) is 13.0. The summed E-state index contributed by atoms with van der Waals surface area (Å²) in [7, 11) is 1.72. The van der Waals surface area contributed by atoms with Gasteiger partial charge in [-0.2, -0.15) is 0 Å². The average molecular weight is 325 g/mol. The van der Waals surface area contributed by atoms with E-state index in [9.17, 15) is 0 Å². The van der Waals surface area contributed by atoms with Crippen molar-refractivity contribution in [1.82, 2.24) is 21.5 Å². The SMILES string of the molecule is C=CC(C)NC(=S)NNC(=S)NC.Cc1ccc(C)cc1. The average Bonchev–Trinajstić information content (AvgIpc) is 2.48. The second-order valence-corrected chi connectivity index (χ2v) is 5.30. The van der Waals surface area contributed by atoms with Gasteiger partial charge in [-0.15, -0.1) is 6.58 Å². The van der Waals surface area contributed by atoms with E-state index >= 15 is 0 Å². The maximum Gasteiger partial charge on any atom is 0.185 e. The summed E-state index contributed by atoms with van der Waals surface area (Å²) in [4.78, 5) is 0. The van der Waals surface area contributed by atoms with Crippen LogP contribution in [0.15, 0.2) is 36.9 Å². The Labute approximate surface area is 138 Å². The van der Waals surface area contributed by atoms with E-state index in [1.807, 2.05) is 6.92 Å². The third-order valence-corrected chi connectivity index (χ3v) is 2.97. The van der Waals surface area contributed by atoms with Crippen LogP contribution in [0.25, 0.3) is 0 Å². The highest BCUT2D eigenvalue weighted by molar-refractivity contribution is 7.80. The van der Waals surface area contributed by atoms with E-state index in [-0.39, 0.29) is 6.04 Å². The molecular weight excluding hydrogens is 300 g/mol. The lowest BCUT2D eigenvalue weighted by Crippen LogP contribution is -2.50. The van der Waals surface area contributed by atoms with Gasteiger partial charge in [0.2, 0.25) is 0 Å². The molecule has 1 aromatic rings. The quantitative estimate of drug-likeness (QED) is 0.381. The van der Waals surface area contributed by atoms with Crippen molar-refractivity contribution in [3.8, 4) is 0 Å². The number of nitrogens with one attached hydrogen (secondary N) is 4. The molecule has 1 unspecified atom stereocenters. The predicted molar refractivity (Wildman–Crippen MR) is 99.2 cm³/mol. The number of thiocarbonyl (C=S) groups is 2. The van der Waals surface area contributed by atoms with Crippen molar-refractivity contribution < 1.29 is 0 Å². The van der Waals surface area contributed by atoms with Gasteiger partial charge in [-0.1, -0.05) is 41.5 Å². The molecule has 0 fully saturated rings. The molecule has 0 bridgehead atoms. The molecule has 1 atom stereocenters. The molecule has 0 radical (unpaired) electrons. The highest BCUT2D eigenvalue weighted by atomic mass is 32.1. The third kappa shape index (κ3) is 10.8. The molecular formula is C15H24N4S2. The Morgan fingerprint density at radius 1 is 1.05 bits per heavy atom. The fourth-order valence-electron chi connectivity index (χ4n) is 1.11. The first-order valence-corrected chi connectivity index (χ1v) is 7.40. The van der Waals surface area contributed by atoms with Gasteiger partial charge in [0.25, 0.3) is 0 Å². The molecule has 1 rings (SSSR count). The molecule has 0 aromatic heterocycles. The summed E-state index contributed by atoms with van der Waals surface area (Å²) in [6, 6.07) is 8.61. The first-order chi connectivity index (χ1) is 9.88. The second kappa shape index (κ2) is 11.0. The Kier molecular flexibility index (Phi) is 10.2. The smallest absolute Gasteiger partial charge is 0.185 e. The molecule has 0 spiro atoms. The molecule has 4 N–H and O–H groups in total. The van der Waals surface area contributed by atoms with Crippen LogP contribution >= 0.6 is 24.4 Å². The highest BCUT2D eigenvalue weighted by Crippen LogP contribution is 1.99. The van der Waals surface area contributed by atoms with Crippen molar-refractivity contribution in [1.29, 1.82) is 0 Å². The molecule has 0 aliphatic heterocycles. The van der Waals surface area contributed by atoms with Crippen LogP contribution in [0, 0.1) is 13.8 Å². The van der Waals surface area contributed by atoms with Crippen LogP contribution in [0.3, 0.4) is 0 Å². The Morgan fingerprint density at radius 3 is 1.86 bits per heavy atom. The number of rotatable bonds is 2. The standard InChI is InChI=1S/C8H10.C7H14N4S2/c1-7-3-5-8(2)6-4-7;1-4-5(2)9-7(13)11-10-6(12)8-3/h3-6H,1-2H3;4-5H,1H2,2-3H3,(H2,8,10,12)(H2,9,11,13). The summed E-state index contributed by atoms with van der Waals surface area (Å²) in [6.45, 7) is 9.75. The Hall–Kier alpha value is -1.66. The van der Waals surface area contributed by atoms with E-state index in [4.69, 9.17) is 24.4 Å². The molecule has 0 saturated carbocycles. The summed E-state index contributed by atoms with van der Waals surface area (Å²) in [5, 5.41) is 6.66. The Balaban J connectivity index is 0.000000423. The summed E-state index contributed by atoms with van der Waals surface area (Å²) < 4.78 is 0. The van der Waals surface area contributed by atoms with E-state index in [1.165, 1.54) is 11.1 Å². The van der Waals surface area contributed by atoms with Gasteiger partial charge < -0.3 is 10.6 Å². The van der Waals surface area contributed by atoms with Crippen molar-refractivity contribution >= 4 is 34.7 Å². The van der Waals surface area contributed by atoms with Gasteiger partial charge in [0.05, 0.1) is 0 Å². The van der Waals surface area contributed by atoms with Gasteiger partial charge in [-0.05, 0) is 45.2 Å². The highest BCUT2D eigenvalue weighted by Gasteiger charge is 1.98. The third-order valence-electron chi connectivity index (χ3n) is 2.45. The molecule has 6 heteroatoms. The summed E-state index contributed by atoms with van der Waals surface area (Å²) >= 11 is 9.77. The lowest BCUT2D eigenvalue weighted by Gasteiger charge is -2.14. The summed E-state index contributed by atoms with van der Waals surface area (Å²) in [6.07, 6.45) is 1.75. The topological polar surface area (TPSA) is 48.1 Å². The fourth-order valence-corrected chi connectivity index (χ4v) is 1.40. The Morgan fingerprint density at radius 2 is 1.48 bits per heavy atom. The molecule has 1 aromatic carbocycles. The second-order valence-electron chi connectivity index (χ2n) is 4.48. The van der Waals surface area contributed by atoms with Gasteiger partial charge >= 0.3 is 0 Å². The summed E-state index contributed by atoms with van der Waals surface area (Å²) in [5.74, 6) is 0. The van der Waals surface area contributed by atoms with E-state index in [0.717, 1.165) is 0 Å². The van der Waals surface area contributed by atoms with E-state index in [2.05, 4.69) is 66.2 Å². The lowest BCUT2D eigenvalue weighted by atomic mass is 10.2. The number of aryl methyl sites for hydroxylation is 2. The largest absolute Gasteiger partial charge is 0.364 e. The van der Waals surface area contributed by atoms with Crippen molar-refractivity contribution in [2.45, 2.75) is 26.8 Å². The molecule has 0 heterocycles. The number of hydrogen-bond acceptors (Lipinski definition) is 2. The van der Waals surface area contributed by atoms with E-state index in [1.54, 1.807) is 13.1 Å². The van der Waals surface area contributed by atoms with Gasteiger partial charge in [-0.3, -0.25) is 10.9 Å². The first kappa shape index (κ1) is 19.3. The van der Waals surface area contributed by atoms with Crippen molar-refractivity contribution in [2.24, 2.45) is 0 Å². The predicted octanol–water partition coefficient (Wildman–Crippen LogP) is 2.34. The van der Waals surface area contributed by atoms with Gasteiger partial charge in [-0.25, -0.2) is 0 Å². The minimum Gasteiger partial charge on any atom is -0.364 e. The molecule has 0 aliphatic rings. The van der Waals surface area contributed by atoms with Gasteiger partial charge in [0.1, 0.15) is 0 Å². The molecule has 0 amide bonds. The number of hydrazine groups is 1. The van der Waals surface area contributed by atoms with E-state index < -0.39 is 0 Å². The lowest BCUT2D eigenvalue weighted by molar-refractivity contribution is 0.751. The zero-order chi connectivity index (χ0) is 16.3. The van der Waals surface area contributed by atoms with Crippen LogP contribution in [0.2, 0.25) is 0 Å². The van der Waals surface area contributed by atoms with Crippen molar-refractivity contribution in [2.75, 3.05) is 7.05 Å². The van der Waals surface area contributed by atoms with Crippen LogP contribution in [-0.4, -0.2) is 23.3 Å². The molecule has 116 valence electrons.